The van der Waals surface area contributed by atoms with Crippen molar-refractivity contribution in [2.75, 3.05) is 5.75 Å². The molecule has 1 rings (SSSR count). The van der Waals surface area contributed by atoms with Gasteiger partial charge in [-0.2, -0.15) is 0 Å². The van der Waals surface area contributed by atoms with Gasteiger partial charge in [-0.3, -0.25) is 4.98 Å². The van der Waals surface area contributed by atoms with Crippen LogP contribution in [0.4, 0.5) is 4.39 Å². The zero-order valence-corrected chi connectivity index (χ0v) is 12.5. The lowest BCUT2D eigenvalue weighted by Crippen LogP contribution is -2.25. The number of halogens is 1. The maximum absolute atomic E-state index is 14.4. The molecular weight excluding hydrogens is 279 g/mol. The summed E-state index contributed by atoms with van der Waals surface area (Å²) in [6.45, 7) is 7.20. The van der Waals surface area contributed by atoms with Gasteiger partial charge >= 0.3 is 0 Å². The molecule has 2 N–H and O–H groups in total. The summed E-state index contributed by atoms with van der Waals surface area (Å²) in [5.74, 6) is -0.0282. The summed E-state index contributed by atoms with van der Waals surface area (Å²) < 4.78 is 28.4. The van der Waals surface area contributed by atoms with Crippen molar-refractivity contribution < 1.29 is 14.0 Å². The zero-order valence-electron chi connectivity index (χ0n) is 11.6. The summed E-state index contributed by atoms with van der Waals surface area (Å²) in [4.78, 5) is 3.94. The van der Waals surface area contributed by atoms with Crippen LogP contribution < -0.4 is 4.72 Å². The maximum Gasteiger partial charge on any atom is 0.154 e. The first-order valence-electron chi connectivity index (χ1n) is 6.35. The molecule has 0 radical (unpaired) electrons. The lowest BCUT2D eigenvalue weighted by atomic mass is 10.0. The molecule has 0 fully saturated rings. The topological polar surface area (TPSA) is 68.2 Å². The van der Waals surface area contributed by atoms with Crippen molar-refractivity contribution >= 4 is 16.9 Å². The second-order valence-corrected chi connectivity index (χ2v) is 5.55. The van der Waals surface area contributed by atoms with Gasteiger partial charge in [-0.25, -0.2) is 4.39 Å². The first-order chi connectivity index (χ1) is 9.54. The van der Waals surface area contributed by atoms with Crippen LogP contribution in [0.15, 0.2) is 30.7 Å². The molecule has 0 spiro atoms. The first kappa shape index (κ1) is 16.7. The Kier molecular flexibility index (Phi) is 6.70. The predicted molar refractivity (Wildman–Crippen MR) is 79.8 cm³/mol. The lowest BCUT2D eigenvalue weighted by Gasteiger charge is -2.12. The van der Waals surface area contributed by atoms with Crippen molar-refractivity contribution in [3.63, 3.8) is 0 Å². The minimum Gasteiger partial charge on any atom is -0.598 e. The van der Waals surface area contributed by atoms with Gasteiger partial charge in [0.15, 0.2) is 5.82 Å². The van der Waals surface area contributed by atoms with Gasteiger partial charge in [0.2, 0.25) is 0 Å². The third-order valence-corrected chi connectivity index (χ3v) is 3.75. The highest BCUT2D eigenvalue weighted by molar-refractivity contribution is 7.89. The van der Waals surface area contributed by atoms with Crippen LogP contribution in [0.25, 0.3) is 5.57 Å². The molecule has 0 bridgehead atoms. The molecule has 6 heteroatoms. The van der Waals surface area contributed by atoms with E-state index in [1.165, 1.54) is 18.3 Å². The van der Waals surface area contributed by atoms with Crippen LogP contribution in [0.1, 0.15) is 31.5 Å². The second-order valence-electron chi connectivity index (χ2n) is 3.99. The van der Waals surface area contributed by atoms with Crippen LogP contribution in [-0.4, -0.2) is 20.4 Å². The average Bonchev–Trinajstić information content (AvgIpc) is 2.47. The molecule has 0 saturated carbocycles. The summed E-state index contributed by atoms with van der Waals surface area (Å²) >= 11 is -1.20. The van der Waals surface area contributed by atoms with E-state index in [1.54, 1.807) is 13.8 Å². The van der Waals surface area contributed by atoms with Gasteiger partial charge in [-0.05, 0) is 13.0 Å². The Bertz CT molecular complexity index is 506. The van der Waals surface area contributed by atoms with Crippen molar-refractivity contribution in [3.05, 3.63) is 47.8 Å². The fourth-order valence-corrected chi connectivity index (χ4v) is 2.14. The minimum absolute atomic E-state index is 0.0669. The molecule has 0 amide bonds. The fourth-order valence-electron chi connectivity index (χ4n) is 1.64. The molecule has 20 heavy (non-hydrogen) atoms. The summed E-state index contributed by atoms with van der Waals surface area (Å²) in [7, 11) is 0. The number of aliphatic hydroxyl groups is 1. The number of nitrogens with one attached hydrogen (secondary N) is 1. The monoisotopic (exact) mass is 298 g/mol. The number of hydrogen-bond donors (Lipinski definition) is 2. The number of hydrogen-bond acceptors (Lipinski definition) is 4. The van der Waals surface area contributed by atoms with E-state index in [-0.39, 0.29) is 23.6 Å². The molecule has 0 saturated heterocycles. The van der Waals surface area contributed by atoms with Crippen LogP contribution in [0, 0.1) is 5.82 Å². The highest BCUT2D eigenvalue weighted by Crippen LogP contribution is 2.24. The van der Waals surface area contributed by atoms with Gasteiger partial charge in [0.05, 0.1) is 18.0 Å². The summed E-state index contributed by atoms with van der Waals surface area (Å²) in [6, 6.07) is 1.48. The Morgan fingerprint density at radius 1 is 1.60 bits per heavy atom. The standard InChI is InChI=1S/C14H19FN2O2S/c1-4-10(13(18)5-2)11-7-8-16-12(14(11)15)9-17-20(19)6-3/h4,7-8,17-18H,1,5-6,9H2,2-3H3/b13-10-. The molecule has 1 aromatic heterocycles. The largest absolute Gasteiger partial charge is 0.598 e. The quantitative estimate of drug-likeness (QED) is 0.461. The molecular formula is C14H19FN2O2S. The van der Waals surface area contributed by atoms with Gasteiger partial charge in [0.25, 0.3) is 0 Å². The van der Waals surface area contributed by atoms with Crippen LogP contribution in [0.3, 0.4) is 0 Å². The summed E-state index contributed by atoms with van der Waals surface area (Å²) in [5, 5.41) is 9.80. The Morgan fingerprint density at radius 2 is 2.30 bits per heavy atom. The zero-order chi connectivity index (χ0) is 15.1. The number of allylic oxidation sites excluding steroid dienone is 3. The van der Waals surface area contributed by atoms with E-state index >= 15 is 0 Å². The van der Waals surface area contributed by atoms with E-state index in [2.05, 4.69) is 16.3 Å². The van der Waals surface area contributed by atoms with Crippen molar-refractivity contribution in [2.24, 2.45) is 0 Å². The highest BCUT2D eigenvalue weighted by Gasteiger charge is 2.15. The van der Waals surface area contributed by atoms with Gasteiger partial charge in [-0.1, -0.05) is 19.6 Å². The smallest absolute Gasteiger partial charge is 0.154 e. The van der Waals surface area contributed by atoms with E-state index in [0.29, 0.717) is 17.7 Å². The van der Waals surface area contributed by atoms with Crippen LogP contribution in [0.5, 0.6) is 0 Å². The fraction of sp³-hybridized carbons (Fsp3) is 0.357. The molecule has 1 atom stereocenters. The van der Waals surface area contributed by atoms with Crippen molar-refractivity contribution in [2.45, 2.75) is 26.8 Å². The summed E-state index contributed by atoms with van der Waals surface area (Å²) in [5.41, 5.74) is 0.756. The first-order valence-corrected chi connectivity index (χ1v) is 7.67. The number of rotatable bonds is 7. The van der Waals surface area contributed by atoms with Gasteiger partial charge < -0.3 is 9.66 Å². The minimum atomic E-state index is -1.20. The van der Waals surface area contributed by atoms with Gasteiger partial charge in [0.1, 0.15) is 5.75 Å². The molecule has 1 heterocycles. The normalized spacial score (nSPS) is 13.8. The molecule has 1 aromatic rings. The Labute approximate surface area is 121 Å². The Balaban J connectivity index is 3.09. The number of aliphatic hydroxyl groups excluding tert-OH is 1. The number of aromatic nitrogens is 1. The summed E-state index contributed by atoms with van der Waals surface area (Å²) in [6.07, 6.45) is 3.26. The molecule has 0 aliphatic heterocycles. The molecule has 0 aliphatic carbocycles. The Hall–Kier alpha value is -1.37. The molecule has 0 aromatic carbocycles. The lowest BCUT2D eigenvalue weighted by molar-refractivity contribution is 0.397. The van der Waals surface area contributed by atoms with Crippen molar-refractivity contribution in [3.8, 4) is 0 Å². The van der Waals surface area contributed by atoms with Gasteiger partial charge in [-0.15, -0.1) is 4.72 Å². The number of nitrogens with zero attached hydrogens (tertiary/aromatic N) is 1. The maximum atomic E-state index is 14.4. The molecule has 0 aliphatic rings. The third kappa shape index (κ3) is 4.06. The SMILES string of the molecule is C=C/C(=C(/O)CC)c1ccnc(CN[S+]([O-])CC)c1F. The average molecular weight is 298 g/mol. The van der Waals surface area contributed by atoms with Crippen LogP contribution in [-0.2, 0) is 17.9 Å². The third-order valence-electron chi connectivity index (χ3n) is 2.76. The van der Waals surface area contributed by atoms with E-state index in [1.807, 2.05) is 0 Å². The van der Waals surface area contributed by atoms with E-state index < -0.39 is 17.2 Å². The van der Waals surface area contributed by atoms with E-state index in [4.69, 9.17) is 0 Å². The van der Waals surface area contributed by atoms with Crippen molar-refractivity contribution in [1.82, 2.24) is 9.71 Å². The molecule has 110 valence electrons. The van der Waals surface area contributed by atoms with Crippen LogP contribution in [0.2, 0.25) is 0 Å². The second kappa shape index (κ2) is 8.04. The predicted octanol–water partition coefficient (Wildman–Crippen LogP) is 2.86. The Morgan fingerprint density at radius 3 is 2.85 bits per heavy atom. The highest BCUT2D eigenvalue weighted by atomic mass is 32.2. The molecule has 4 nitrogen and oxygen atoms in total. The molecule has 1 unspecified atom stereocenters. The number of pyridine rings is 1. The van der Waals surface area contributed by atoms with E-state index in [9.17, 15) is 14.0 Å². The van der Waals surface area contributed by atoms with E-state index in [0.717, 1.165) is 0 Å². The van der Waals surface area contributed by atoms with Crippen LogP contribution >= 0.6 is 0 Å². The van der Waals surface area contributed by atoms with Crippen molar-refractivity contribution in [1.29, 1.82) is 0 Å². The van der Waals surface area contributed by atoms with Gasteiger partial charge in [0, 0.05) is 35.1 Å².